The Morgan fingerprint density at radius 3 is 2.57 bits per heavy atom. The van der Waals surface area contributed by atoms with E-state index in [-0.39, 0.29) is 0 Å². The molecule has 0 aliphatic carbocycles. The second-order valence-corrected chi connectivity index (χ2v) is 5.82. The van der Waals surface area contributed by atoms with E-state index in [2.05, 4.69) is 21.0 Å². The van der Waals surface area contributed by atoms with Crippen LogP contribution in [0.5, 0.6) is 0 Å². The topological polar surface area (TPSA) is 38.1 Å². The summed E-state index contributed by atoms with van der Waals surface area (Å²) in [5.41, 5.74) is 3.74. The number of benzene rings is 2. The van der Waals surface area contributed by atoms with E-state index in [1.165, 1.54) is 0 Å². The highest BCUT2D eigenvalue weighted by Crippen LogP contribution is 2.26. The summed E-state index contributed by atoms with van der Waals surface area (Å²) >= 11 is 3.50. The Morgan fingerprint density at radius 1 is 1.10 bits per heavy atom. The van der Waals surface area contributed by atoms with Crippen molar-refractivity contribution in [3.05, 3.63) is 82.1 Å². The Labute approximate surface area is 132 Å². The first-order chi connectivity index (χ1) is 10.1. The minimum atomic E-state index is -0.681. The maximum absolute atomic E-state index is 10.5. The van der Waals surface area contributed by atoms with Crippen LogP contribution in [0.3, 0.4) is 0 Å². The molecule has 106 valence electrons. The van der Waals surface area contributed by atoms with Crippen LogP contribution in [-0.2, 0) is 0 Å². The molecule has 3 aromatic rings. The molecule has 4 heteroatoms. The molecule has 2 aromatic carbocycles. The molecule has 0 aliphatic heterocycles. The van der Waals surface area contributed by atoms with Crippen LogP contribution in [-0.4, -0.2) is 14.9 Å². The van der Waals surface area contributed by atoms with Gasteiger partial charge in [0.05, 0.1) is 11.9 Å². The van der Waals surface area contributed by atoms with E-state index in [1.807, 2.05) is 61.7 Å². The van der Waals surface area contributed by atoms with Gasteiger partial charge in [0.2, 0.25) is 0 Å². The van der Waals surface area contributed by atoms with Gasteiger partial charge in [-0.2, -0.15) is 5.10 Å². The summed E-state index contributed by atoms with van der Waals surface area (Å²) in [7, 11) is 0. The molecule has 1 unspecified atom stereocenters. The Balaban J connectivity index is 1.90. The number of hydrogen-bond acceptors (Lipinski definition) is 2. The molecule has 1 heterocycles. The molecular weight excluding hydrogens is 328 g/mol. The number of aromatic nitrogens is 2. The number of nitrogens with zero attached hydrogens (tertiary/aromatic N) is 2. The Hall–Kier alpha value is -1.91. The van der Waals surface area contributed by atoms with Crippen LogP contribution in [0.15, 0.2) is 65.4 Å². The third-order valence-corrected chi connectivity index (χ3v) is 4.31. The second-order valence-electron chi connectivity index (χ2n) is 4.96. The van der Waals surface area contributed by atoms with Crippen LogP contribution in [0.25, 0.3) is 5.69 Å². The minimum absolute atomic E-state index is 0.681. The molecule has 0 radical (unpaired) electrons. The molecule has 0 fully saturated rings. The van der Waals surface area contributed by atoms with Crippen molar-refractivity contribution in [1.82, 2.24) is 9.78 Å². The van der Waals surface area contributed by atoms with E-state index in [4.69, 9.17) is 0 Å². The average Bonchev–Trinajstić information content (AvgIpc) is 3.00. The molecule has 0 spiro atoms. The van der Waals surface area contributed by atoms with Crippen molar-refractivity contribution in [3.63, 3.8) is 0 Å². The van der Waals surface area contributed by atoms with Gasteiger partial charge in [-0.05, 0) is 36.2 Å². The van der Waals surface area contributed by atoms with E-state index in [0.29, 0.717) is 0 Å². The van der Waals surface area contributed by atoms with Crippen LogP contribution in [0.4, 0.5) is 0 Å². The van der Waals surface area contributed by atoms with Gasteiger partial charge in [-0.1, -0.05) is 46.3 Å². The number of aryl methyl sites for hydroxylation is 1. The third-order valence-electron chi connectivity index (χ3n) is 3.45. The molecule has 1 aromatic heterocycles. The van der Waals surface area contributed by atoms with Gasteiger partial charge in [-0.15, -0.1) is 0 Å². The molecule has 0 aliphatic rings. The van der Waals surface area contributed by atoms with Gasteiger partial charge in [0.15, 0.2) is 0 Å². The predicted molar refractivity (Wildman–Crippen MR) is 86.5 cm³/mol. The van der Waals surface area contributed by atoms with Gasteiger partial charge < -0.3 is 5.11 Å². The smallest absolute Gasteiger partial charge is 0.107 e. The number of hydrogen-bond donors (Lipinski definition) is 1. The van der Waals surface area contributed by atoms with Gasteiger partial charge >= 0.3 is 0 Å². The summed E-state index contributed by atoms with van der Waals surface area (Å²) in [6.45, 7) is 2.02. The van der Waals surface area contributed by atoms with Gasteiger partial charge in [0, 0.05) is 16.2 Å². The summed E-state index contributed by atoms with van der Waals surface area (Å²) in [5, 5.41) is 14.8. The predicted octanol–water partition coefficient (Wildman–Crippen LogP) is 4.02. The maximum atomic E-state index is 10.5. The number of aliphatic hydroxyl groups is 1. The lowest BCUT2D eigenvalue weighted by Crippen LogP contribution is -1.99. The molecular formula is C17H15BrN2O. The van der Waals surface area contributed by atoms with Crippen LogP contribution in [0, 0.1) is 6.92 Å². The Bertz CT molecular complexity index is 752. The van der Waals surface area contributed by atoms with Crippen LogP contribution < -0.4 is 0 Å². The third kappa shape index (κ3) is 2.91. The zero-order valence-electron chi connectivity index (χ0n) is 11.6. The second kappa shape index (κ2) is 5.84. The highest BCUT2D eigenvalue weighted by Gasteiger charge is 2.14. The summed E-state index contributed by atoms with van der Waals surface area (Å²) in [4.78, 5) is 0. The summed E-state index contributed by atoms with van der Waals surface area (Å²) in [5.74, 6) is 0. The van der Waals surface area contributed by atoms with Crippen molar-refractivity contribution >= 4 is 15.9 Å². The molecule has 3 rings (SSSR count). The fraction of sp³-hybridized carbons (Fsp3) is 0.118. The maximum Gasteiger partial charge on any atom is 0.107 e. The minimum Gasteiger partial charge on any atom is -0.384 e. The first-order valence-electron chi connectivity index (χ1n) is 6.69. The fourth-order valence-corrected chi connectivity index (χ4v) is 2.57. The highest BCUT2D eigenvalue weighted by molar-refractivity contribution is 9.10. The first-order valence-corrected chi connectivity index (χ1v) is 7.48. The van der Waals surface area contributed by atoms with Crippen molar-refractivity contribution < 1.29 is 5.11 Å². The number of halogens is 1. The van der Waals surface area contributed by atoms with E-state index in [9.17, 15) is 5.11 Å². The summed E-state index contributed by atoms with van der Waals surface area (Å²) in [6.07, 6.45) is 2.87. The van der Waals surface area contributed by atoms with Crippen LogP contribution in [0.1, 0.15) is 22.8 Å². The van der Waals surface area contributed by atoms with E-state index < -0.39 is 6.10 Å². The molecule has 0 saturated heterocycles. The number of para-hydroxylation sites is 1. The lowest BCUT2D eigenvalue weighted by atomic mass is 10.0. The van der Waals surface area contributed by atoms with Crippen molar-refractivity contribution in [2.75, 3.05) is 0 Å². The van der Waals surface area contributed by atoms with Crippen molar-refractivity contribution in [2.24, 2.45) is 0 Å². The SMILES string of the molecule is Cc1ccc(C(O)c2cnn(-c3ccccc3)c2)cc1Br. The van der Waals surface area contributed by atoms with Crippen LogP contribution >= 0.6 is 15.9 Å². The molecule has 0 saturated carbocycles. The monoisotopic (exact) mass is 342 g/mol. The largest absolute Gasteiger partial charge is 0.384 e. The fourth-order valence-electron chi connectivity index (χ4n) is 2.17. The standard InChI is InChI=1S/C17H15BrN2O/c1-12-7-8-13(9-16(12)18)17(21)14-10-19-20(11-14)15-5-3-2-4-6-15/h2-11,17,21H,1H3. The highest BCUT2D eigenvalue weighted by atomic mass is 79.9. The van der Waals surface area contributed by atoms with E-state index in [1.54, 1.807) is 10.9 Å². The molecule has 21 heavy (non-hydrogen) atoms. The molecule has 0 amide bonds. The van der Waals surface area contributed by atoms with Crippen molar-refractivity contribution in [3.8, 4) is 5.69 Å². The van der Waals surface area contributed by atoms with Crippen LogP contribution in [0.2, 0.25) is 0 Å². The lowest BCUT2D eigenvalue weighted by Gasteiger charge is -2.10. The summed E-state index contributed by atoms with van der Waals surface area (Å²) in [6, 6.07) is 15.7. The lowest BCUT2D eigenvalue weighted by molar-refractivity contribution is 0.220. The summed E-state index contributed by atoms with van der Waals surface area (Å²) < 4.78 is 2.76. The molecule has 0 bridgehead atoms. The average molecular weight is 343 g/mol. The Kier molecular flexibility index (Phi) is 3.90. The normalized spacial score (nSPS) is 12.3. The Morgan fingerprint density at radius 2 is 1.86 bits per heavy atom. The van der Waals surface area contributed by atoms with E-state index >= 15 is 0 Å². The van der Waals surface area contributed by atoms with Gasteiger partial charge in [0.25, 0.3) is 0 Å². The zero-order valence-corrected chi connectivity index (χ0v) is 13.2. The molecule has 1 atom stereocenters. The quantitative estimate of drug-likeness (QED) is 0.780. The molecule has 3 nitrogen and oxygen atoms in total. The zero-order chi connectivity index (χ0) is 14.8. The van der Waals surface area contributed by atoms with E-state index in [0.717, 1.165) is 26.9 Å². The molecule has 1 N–H and O–H groups in total. The van der Waals surface area contributed by atoms with Crippen molar-refractivity contribution in [1.29, 1.82) is 0 Å². The van der Waals surface area contributed by atoms with Crippen molar-refractivity contribution in [2.45, 2.75) is 13.0 Å². The first kappa shape index (κ1) is 14.0. The van der Waals surface area contributed by atoms with Gasteiger partial charge in [-0.25, -0.2) is 4.68 Å². The van der Waals surface area contributed by atoms with Gasteiger partial charge in [-0.3, -0.25) is 0 Å². The number of rotatable bonds is 3. The number of aliphatic hydroxyl groups excluding tert-OH is 1. The van der Waals surface area contributed by atoms with Gasteiger partial charge in [0.1, 0.15) is 6.10 Å².